The van der Waals surface area contributed by atoms with Gasteiger partial charge in [0.15, 0.2) is 6.23 Å². The zero-order valence-corrected chi connectivity index (χ0v) is 14.1. The molecule has 0 spiro atoms. The topological polar surface area (TPSA) is 39.9 Å². The van der Waals surface area contributed by atoms with Crippen LogP contribution in [-0.4, -0.2) is 21.4 Å². The van der Waals surface area contributed by atoms with Crippen molar-refractivity contribution in [1.82, 2.24) is 14.8 Å². The molecule has 2 aromatic rings. The zero-order valence-electron chi connectivity index (χ0n) is 12.5. The van der Waals surface area contributed by atoms with Gasteiger partial charge in [0.1, 0.15) is 4.60 Å². The van der Waals surface area contributed by atoms with Crippen LogP contribution in [0.4, 0.5) is 0 Å². The Morgan fingerprint density at radius 3 is 2.90 bits per heavy atom. The van der Waals surface area contributed by atoms with Crippen molar-refractivity contribution in [2.75, 3.05) is 6.61 Å². The molecule has 3 rings (SSSR count). The van der Waals surface area contributed by atoms with E-state index in [4.69, 9.17) is 9.84 Å². The van der Waals surface area contributed by atoms with Gasteiger partial charge in [-0.05, 0) is 66.2 Å². The molecule has 0 aromatic carbocycles. The average Bonchev–Trinajstić information content (AvgIpc) is 2.85. The second-order valence-corrected chi connectivity index (χ2v) is 6.20. The molecule has 21 heavy (non-hydrogen) atoms. The highest BCUT2D eigenvalue weighted by Crippen LogP contribution is 2.32. The zero-order chi connectivity index (χ0) is 14.8. The summed E-state index contributed by atoms with van der Waals surface area (Å²) in [7, 11) is 0. The van der Waals surface area contributed by atoms with Crippen LogP contribution in [0.2, 0.25) is 0 Å². The smallest absolute Gasteiger partial charge is 0.150 e. The molecular formula is C16H20BrN3O. The molecule has 3 heterocycles. The van der Waals surface area contributed by atoms with Gasteiger partial charge in [-0.15, -0.1) is 0 Å². The van der Waals surface area contributed by atoms with E-state index in [1.54, 1.807) is 0 Å². The van der Waals surface area contributed by atoms with E-state index in [9.17, 15) is 0 Å². The summed E-state index contributed by atoms with van der Waals surface area (Å²) in [6.07, 6.45) is 4.31. The third-order valence-corrected chi connectivity index (χ3v) is 4.41. The molecule has 1 aliphatic heterocycles. The molecule has 1 saturated heterocycles. The number of aryl methyl sites for hydroxylation is 1. The van der Waals surface area contributed by atoms with Crippen molar-refractivity contribution in [3.05, 3.63) is 34.1 Å². The molecule has 1 atom stereocenters. The molecule has 112 valence electrons. The van der Waals surface area contributed by atoms with Gasteiger partial charge in [0.05, 0.1) is 17.1 Å². The molecule has 1 unspecified atom stereocenters. The first-order chi connectivity index (χ1) is 10.2. The van der Waals surface area contributed by atoms with E-state index in [1.807, 2.05) is 22.9 Å². The highest BCUT2D eigenvalue weighted by atomic mass is 79.9. The fourth-order valence-corrected chi connectivity index (χ4v) is 3.22. The maximum absolute atomic E-state index is 5.93. The summed E-state index contributed by atoms with van der Waals surface area (Å²) in [6, 6.07) is 5.99. The third-order valence-electron chi connectivity index (χ3n) is 3.97. The normalized spacial score (nSPS) is 18.9. The number of ether oxygens (including phenoxy) is 1. The summed E-state index contributed by atoms with van der Waals surface area (Å²) in [4.78, 5) is 4.61. The lowest BCUT2D eigenvalue weighted by molar-refractivity contribution is -0.0386. The van der Waals surface area contributed by atoms with E-state index in [2.05, 4.69) is 34.8 Å². The molecule has 2 aromatic heterocycles. The van der Waals surface area contributed by atoms with Crippen LogP contribution in [0, 0.1) is 6.92 Å². The third kappa shape index (κ3) is 2.90. The summed E-state index contributed by atoms with van der Waals surface area (Å²) >= 11 is 3.46. The number of rotatable bonds is 3. The van der Waals surface area contributed by atoms with E-state index >= 15 is 0 Å². The number of aromatic nitrogens is 3. The molecule has 5 heteroatoms. The van der Waals surface area contributed by atoms with Gasteiger partial charge in [-0.1, -0.05) is 13.0 Å². The van der Waals surface area contributed by atoms with Crippen LogP contribution in [-0.2, 0) is 11.2 Å². The van der Waals surface area contributed by atoms with Crippen LogP contribution in [0.3, 0.4) is 0 Å². The minimum atomic E-state index is 0.0357. The van der Waals surface area contributed by atoms with E-state index < -0.39 is 0 Å². The van der Waals surface area contributed by atoms with E-state index in [-0.39, 0.29) is 6.23 Å². The van der Waals surface area contributed by atoms with Gasteiger partial charge in [-0.3, -0.25) is 0 Å². The Kier molecular flexibility index (Phi) is 4.40. The maximum Gasteiger partial charge on any atom is 0.150 e. The van der Waals surface area contributed by atoms with Gasteiger partial charge in [0.2, 0.25) is 0 Å². The summed E-state index contributed by atoms with van der Waals surface area (Å²) in [6.45, 7) is 5.08. The SMILES string of the molecule is CCc1nn(C2CCCCO2)c(-c2cccc(Br)n2)c1C. The Balaban J connectivity index is 2.10. The van der Waals surface area contributed by atoms with Crippen molar-refractivity contribution in [2.24, 2.45) is 0 Å². The molecule has 0 amide bonds. The predicted octanol–water partition coefficient (Wildman–Crippen LogP) is 4.28. The summed E-state index contributed by atoms with van der Waals surface area (Å²) in [5.74, 6) is 0. The summed E-state index contributed by atoms with van der Waals surface area (Å²) < 4.78 is 8.82. The van der Waals surface area contributed by atoms with Crippen LogP contribution in [0.5, 0.6) is 0 Å². The van der Waals surface area contributed by atoms with Crippen molar-refractivity contribution >= 4 is 15.9 Å². The molecule has 0 saturated carbocycles. The minimum absolute atomic E-state index is 0.0357. The van der Waals surface area contributed by atoms with Crippen molar-refractivity contribution in [1.29, 1.82) is 0 Å². The first kappa shape index (κ1) is 14.7. The van der Waals surface area contributed by atoms with E-state index in [0.717, 1.165) is 47.6 Å². The van der Waals surface area contributed by atoms with Gasteiger partial charge in [0.25, 0.3) is 0 Å². The number of pyridine rings is 1. The molecule has 0 N–H and O–H groups in total. The predicted molar refractivity (Wildman–Crippen MR) is 86.1 cm³/mol. The second kappa shape index (κ2) is 6.28. The Morgan fingerprint density at radius 2 is 2.24 bits per heavy atom. The number of nitrogens with zero attached hydrogens (tertiary/aromatic N) is 3. The fraction of sp³-hybridized carbons (Fsp3) is 0.500. The van der Waals surface area contributed by atoms with Crippen molar-refractivity contribution in [2.45, 2.75) is 45.8 Å². The van der Waals surface area contributed by atoms with Gasteiger partial charge in [-0.2, -0.15) is 5.10 Å². The van der Waals surface area contributed by atoms with Crippen LogP contribution in [0.1, 0.15) is 43.7 Å². The average molecular weight is 350 g/mol. The molecule has 0 bridgehead atoms. The van der Waals surface area contributed by atoms with Crippen molar-refractivity contribution < 1.29 is 4.74 Å². The molecule has 0 aliphatic carbocycles. The minimum Gasteiger partial charge on any atom is -0.356 e. The molecule has 0 radical (unpaired) electrons. The first-order valence-corrected chi connectivity index (χ1v) is 8.32. The number of hydrogen-bond donors (Lipinski definition) is 0. The summed E-state index contributed by atoms with van der Waals surface area (Å²) in [5, 5.41) is 4.79. The van der Waals surface area contributed by atoms with Crippen LogP contribution < -0.4 is 0 Å². The van der Waals surface area contributed by atoms with Gasteiger partial charge >= 0.3 is 0 Å². The lowest BCUT2D eigenvalue weighted by atomic mass is 10.1. The van der Waals surface area contributed by atoms with Crippen LogP contribution in [0.25, 0.3) is 11.4 Å². The van der Waals surface area contributed by atoms with E-state index in [1.165, 1.54) is 12.0 Å². The quantitative estimate of drug-likeness (QED) is 0.776. The largest absolute Gasteiger partial charge is 0.356 e. The number of halogens is 1. The summed E-state index contributed by atoms with van der Waals surface area (Å²) in [5.41, 5.74) is 4.36. The molecular weight excluding hydrogens is 330 g/mol. The fourth-order valence-electron chi connectivity index (χ4n) is 2.87. The van der Waals surface area contributed by atoms with Crippen LogP contribution in [0.15, 0.2) is 22.8 Å². The van der Waals surface area contributed by atoms with Gasteiger partial charge in [0, 0.05) is 6.61 Å². The lowest BCUT2D eigenvalue weighted by Crippen LogP contribution is -2.20. The van der Waals surface area contributed by atoms with Crippen LogP contribution >= 0.6 is 15.9 Å². The lowest BCUT2D eigenvalue weighted by Gasteiger charge is -2.24. The standard InChI is InChI=1S/C16H20BrN3O/c1-3-12-11(2)16(13-7-6-8-14(17)18-13)20(19-12)15-9-4-5-10-21-15/h6-8,15H,3-5,9-10H2,1-2H3. The molecule has 4 nitrogen and oxygen atoms in total. The molecule has 1 aliphatic rings. The second-order valence-electron chi connectivity index (χ2n) is 5.39. The first-order valence-electron chi connectivity index (χ1n) is 7.53. The number of hydrogen-bond acceptors (Lipinski definition) is 3. The highest BCUT2D eigenvalue weighted by molar-refractivity contribution is 9.10. The van der Waals surface area contributed by atoms with Gasteiger partial charge in [-0.25, -0.2) is 9.67 Å². The highest BCUT2D eigenvalue weighted by Gasteiger charge is 2.24. The van der Waals surface area contributed by atoms with Gasteiger partial charge < -0.3 is 4.74 Å². The Hall–Kier alpha value is -1.20. The van der Waals surface area contributed by atoms with E-state index in [0.29, 0.717) is 0 Å². The Morgan fingerprint density at radius 1 is 1.38 bits per heavy atom. The molecule has 1 fully saturated rings. The van der Waals surface area contributed by atoms with Crippen molar-refractivity contribution in [3.8, 4) is 11.4 Å². The Bertz CT molecular complexity index is 632. The Labute approximate surface area is 133 Å². The monoisotopic (exact) mass is 349 g/mol. The maximum atomic E-state index is 5.93. The van der Waals surface area contributed by atoms with Crippen molar-refractivity contribution in [3.63, 3.8) is 0 Å².